The highest BCUT2D eigenvalue weighted by Gasteiger charge is 2.33. The number of benzene rings is 2. The Kier molecular flexibility index (Phi) is 6.59. The Labute approximate surface area is 193 Å². The van der Waals surface area contributed by atoms with Gasteiger partial charge in [-0.05, 0) is 18.2 Å². The van der Waals surface area contributed by atoms with Gasteiger partial charge in [0.1, 0.15) is 0 Å². The summed E-state index contributed by atoms with van der Waals surface area (Å²) in [7, 11) is -3.55. The minimum Gasteiger partial charge on any atom is -0.335 e. The van der Waals surface area contributed by atoms with Crippen molar-refractivity contribution in [3.8, 4) is 5.69 Å². The number of rotatable bonds is 6. The molecule has 0 unspecified atom stereocenters. The normalized spacial score (nSPS) is 15.3. The smallest absolute Gasteiger partial charge is 0.282 e. The van der Waals surface area contributed by atoms with E-state index in [-0.39, 0.29) is 43.3 Å². The first-order valence-electron chi connectivity index (χ1n) is 11.0. The van der Waals surface area contributed by atoms with Crippen LogP contribution in [0.25, 0.3) is 16.5 Å². The van der Waals surface area contributed by atoms with E-state index in [1.807, 2.05) is 6.07 Å². The second kappa shape index (κ2) is 9.42. The molecule has 33 heavy (non-hydrogen) atoms. The molecule has 1 aliphatic heterocycles. The van der Waals surface area contributed by atoms with E-state index in [0.717, 1.165) is 0 Å². The van der Waals surface area contributed by atoms with Crippen molar-refractivity contribution >= 4 is 26.9 Å². The standard InChI is InChI=1S/C23H27N5O4S/c1-3-26(4-2)33(31,32)27-16-14-25(15-17-27)23(30)21-19-12-8-9-13-20(19)22(29)28(24-21)18-10-6-5-7-11-18/h5-13H,3-4,14-17H2,1-2H3. The van der Waals surface area contributed by atoms with Crippen LogP contribution >= 0.6 is 0 Å². The van der Waals surface area contributed by atoms with Crippen molar-refractivity contribution in [1.29, 1.82) is 0 Å². The van der Waals surface area contributed by atoms with E-state index in [0.29, 0.717) is 29.5 Å². The Hall–Kier alpha value is -3.08. The first-order chi connectivity index (χ1) is 15.9. The molecular weight excluding hydrogens is 442 g/mol. The number of fused-ring (bicyclic) bond motifs is 1. The van der Waals surface area contributed by atoms with E-state index >= 15 is 0 Å². The summed E-state index contributed by atoms with van der Waals surface area (Å²) in [5.41, 5.74) is 0.440. The van der Waals surface area contributed by atoms with Crippen LogP contribution in [0.2, 0.25) is 0 Å². The topological polar surface area (TPSA) is 95.8 Å². The third kappa shape index (κ3) is 4.29. The minimum absolute atomic E-state index is 0.175. The number of carbonyl (C=O) groups excluding carboxylic acids is 1. The van der Waals surface area contributed by atoms with Gasteiger partial charge in [-0.2, -0.15) is 26.8 Å². The molecule has 2 aromatic carbocycles. The molecule has 10 heteroatoms. The number of aromatic nitrogens is 2. The fourth-order valence-corrected chi connectivity index (χ4v) is 5.68. The second-order valence-corrected chi connectivity index (χ2v) is 9.66. The van der Waals surface area contributed by atoms with Crippen LogP contribution in [0.5, 0.6) is 0 Å². The molecule has 0 aliphatic carbocycles. The van der Waals surface area contributed by atoms with Gasteiger partial charge in [-0.1, -0.05) is 50.2 Å². The van der Waals surface area contributed by atoms with E-state index in [9.17, 15) is 18.0 Å². The van der Waals surface area contributed by atoms with Gasteiger partial charge in [0.2, 0.25) is 0 Å². The SMILES string of the molecule is CCN(CC)S(=O)(=O)N1CCN(C(=O)c2nn(-c3ccccc3)c(=O)c3ccccc23)CC1. The van der Waals surface area contributed by atoms with Crippen molar-refractivity contribution in [2.24, 2.45) is 0 Å². The molecule has 1 saturated heterocycles. The van der Waals surface area contributed by atoms with Crippen LogP contribution in [-0.2, 0) is 10.2 Å². The van der Waals surface area contributed by atoms with Crippen molar-refractivity contribution in [3.05, 3.63) is 70.6 Å². The highest BCUT2D eigenvalue weighted by Crippen LogP contribution is 2.19. The van der Waals surface area contributed by atoms with Crippen molar-refractivity contribution in [3.63, 3.8) is 0 Å². The number of amides is 1. The summed E-state index contributed by atoms with van der Waals surface area (Å²) in [5, 5.41) is 5.33. The summed E-state index contributed by atoms with van der Waals surface area (Å²) in [6.45, 7) is 5.32. The van der Waals surface area contributed by atoms with Crippen LogP contribution in [0.4, 0.5) is 0 Å². The minimum atomic E-state index is -3.55. The van der Waals surface area contributed by atoms with E-state index in [1.165, 1.54) is 13.3 Å². The lowest BCUT2D eigenvalue weighted by atomic mass is 10.1. The van der Waals surface area contributed by atoms with Crippen LogP contribution in [0.15, 0.2) is 59.4 Å². The number of hydrogen-bond donors (Lipinski definition) is 0. The summed E-state index contributed by atoms with van der Waals surface area (Å²) in [6, 6.07) is 15.9. The highest BCUT2D eigenvalue weighted by molar-refractivity contribution is 7.86. The summed E-state index contributed by atoms with van der Waals surface area (Å²) >= 11 is 0. The zero-order valence-electron chi connectivity index (χ0n) is 18.7. The number of carbonyl (C=O) groups is 1. The molecule has 0 N–H and O–H groups in total. The molecule has 0 atom stereocenters. The Morgan fingerprint density at radius 3 is 2.09 bits per heavy atom. The summed E-state index contributed by atoms with van der Waals surface area (Å²) in [5.74, 6) is -0.323. The molecule has 0 radical (unpaired) electrons. The van der Waals surface area contributed by atoms with Gasteiger partial charge in [0.25, 0.3) is 21.7 Å². The molecule has 1 aromatic heterocycles. The van der Waals surface area contributed by atoms with Crippen molar-refractivity contribution < 1.29 is 13.2 Å². The fourth-order valence-electron chi connectivity index (χ4n) is 4.08. The summed E-state index contributed by atoms with van der Waals surface area (Å²) in [4.78, 5) is 28.1. The number of para-hydroxylation sites is 1. The predicted molar refractivity (Wildman–Crippen MR) is 127 cm³/mol. The molecule has 0 saturated carbocycles. The molecule has 0 spiro atoms. The van der Waals surface area contributed by atoms with Crippen molar-refractivity contribution in [2.75, 3.05) is 39.3 Å². The number of nitrogens with zero attached hydrogens (tertiary/aromatic N) is 5. The van der Waals surface area contributed by atoms with Crippen LogP contribution < -0.4 is 5.56 Å². The molecule has 9 nitrogen and oxygen atoms in total. The molecule has 2 heterocycles. The maximum Gasteiger partial charge on any atom is 0.282 e. The highest BCUT2D eigenvalue weighted by atomic mass is 32.2. The average Bonchev–Trinajstić information content (AvgIpc) is 2.85. The lowest BCUT2D eigenvalue weighted by Crippen LogP contribution is -2.54. The number of piperazine rings is 1. The third-order valence-corrected chi connectivity index (χ3v) is 8.08. The van der Waals surface area contributed by atoms with E-state index in [1.54, 1.807) is 67.3 Å². The molecule has 174 valence electrons. The molecule has 3 aromatic rings. The maximum absolute atomic E-state index is 13.5. The lowest BCUT2D eigenvalue weighted by Gasteiger charge is -2.36. The van der Waals surface area contributed by atoms with Crippen LogP contribution in [-0.4, -0.2) is 76.9 Å². The first kappa shape index (κ1) is 23.1. The molecule has 1 fully saturated rings. The van der Waals surface area contributed by atoms with Gasteiger partial charge < -0.3 is 4.90 Å². The van der Waals surface area contributed by atoms with Gasteiger partial charge in [0, 0.05) is 44.7 Å². The van der Waals surface area contributed by atoms with Gasteiger partial charge in [0.05, 0.1) is 11.1 Å². The van der Waals surface area contributed by atoms with E-state index in [4.69, 9.17) is 0 Å². The Balaban J connectivity index is 1.66. The zero-order chi connectivity index (χ0) is 23.6. The average molecular weight is 470 g/mol. The monoisotopic (exact) mass is 469 g/mol. The first-order valence-corrected chi connectivity index (χ1v) is 12.4. The molecule has 1 amide bonds. The largest absolute Gasteiger partial charge is 0.335 e. The third-order valence-electron chi connectivity index (χ3n) is 5.89. The zero-order valence-corrected chi connectivity index (χ0v) is 19.5. The van der Waals surface area contributed by atoms with Crippen molar-refractivity contribution in [1.82, 2.24) is 23.3 Å². The molecular formula is C23H27N5O4S. The second-order valence-electron chi connectivity index (χ2n) is 7.73. The van der Waals surface area contributed by atoms with Gasteiger partial charge in [-0.15, -0.1) is 0 Å². The molecule has 0 bridgehead atoms. The fraction of sp³-hybridized carbons (Fsp3) is 0.348. The Morgan fingerprint density at radius 2 is 1.48 bits per heavy atom. The summed E-state index contributed by atoms with van der Waals surface area (Å²) < 4.78 is 29.7. The van der Waals surface area contributed by atoms with E-state index in [2.05, 4.69) is 5.10 Å². The maximum atomic E-state index is 13.5. The van der Waals surface area contributed by atoms with Crippen LogP contribution in [0.1, 0.15) is 24.3 Å². The Morgan fingerprint density at radius 1 is 0.909 bits per heavy atom. The number of hydrogen-bond acceptors (Lipinski definition) is 5. The lowest BCUT2D eigenvalue weighted by molar-refractivity contribution is 0.0688. The van der Waals surface area contributed by atoms with Gasteiger partial charge in [-0.25, -0.2) is 0 Å². The van der Waals surface area contributed by atoms with Crippen molar-refractivity contribution in [2.45, 2.75) is 13.8 Å². The molecule has 4 rings (SSSR count). The Bertz CT molecular complexity index is 1310. The van der Waals surface area contributed by atoms with E-state index < -0.39 is 10.2 Å². The van der Waals surface area contributed by atoms with Gasteiger partial charge in [0.15, 0.2) is 5.69 Å². The summed E-state index contributed by atoms with van der Waals surface area (Å²) in [6.07, 6.45) is 0. The predicted octanol–water partition coefficient (Wildman–Crippen LogP) is 1.73. The van der Waals surface area contributed by atoms with Crippen LogP contribution in [0, 0.1) is 0 Å². The van der Waals surface area contributed by atoms with Gasteiger partial charge in [-0.3, -0.25) is 9.59 Å². The van der Waals surface area contributed by atoms with Crippen LogP contribution in [0.3, 0.4) is 0 Å². The van der Waals surface area contributed by atoms with Gasteiger partial charge >= 0.3 is 0 Å². The molecule has 1 aliphatic rings. The quantitative estimate of drug-likeness (QED) is 0.548.